The van der Waals surface area contributed by atoms with Gasteiger partial charge in [0, 0.05) is 6.61 Å². The standard InChI is InChI=1S/C19H27NO/c1-2-3-4-5-14-21-19-12-10-18(11-13-19)17-8-6-16(15-20)7-9-17/h6-9,18-19H,2-5,10-14H2,1H3. The lowest BCUT2D eigenvalue weighted by atomic mass is 9.82. The Morgan fingerprint density at radius 1 is 1.05 bits per heavy atom. The first-order valence-corrected chi connectivity index (χ1v) is 8.45. The van der Waals surface area contributed by atoms with Gasteiger partial charge in [-0.3, -0.25) is 0 Å². The molecule has 0 saturated heterocycles. The van der Waals surface area contributed by atoms with E-state index in [9.17, 15) is 0 Å². The van der Waals surface area contributed by atoms with E-state index >= 15 is 0 Å². The molecular weight excluding hydrogens is 258 g/mol. The third-order valence-electron chi connectivity index (χ3n) is 4.54. The molecule has 0 heterocycles. The smallest absolute Gasteiger partial charge is 0.0991 e. The van der Waals surface area contributed by atoms with Gasteiger partial charge in [0.25, 0.3) is 0 Å². The summed E-state index contributed by atoms with van der Waals surface area (Å²) in [6.45, 7) is 3.18. The Kier molecular flexibility index (Phi) is 6.76. The highest BCUT2D eigenvalue weighted by atomic mass is 16.5. The average molecular weight is 285 g/mol. The van der Waals surface area contributed by atoms with Crippen molar-refractivity contribution in [2.45, 2.75) is 70.3 Å². The molecule has 0 bridgehead atoms. The highest BCUT2D eigenvalue weighted by Crippen LogP contribution is 2.34. The summed E-state index contributed by atoms with van der Waals surface area (Å²) in [6.07, 6.45) is 10.4. The molecule has 0 radical (unpaired) electrons. The fraction of sp³-hybridized carbons (Fsp3) is 0.632. The van der Waals surface area contributed by atoms with E-state index in [1.165, 1.54) is 56.9 Å². The Morgan fingerprint density at radius 2 is 1.76 bits per heavy atom. The Labute approximate surface area is 129 Å². The summed E-state index contributed by atoms with van der Waals surface area (Å²) in [6, 6.07) is 10.3. The second kappa shape index (κ2) is 8.85. The maximum absolute atomic E-state index is 8.84. The number of hydrogen-bond acceptors (Lipinski definition) is 2. The number of unbranched alkanes of at least 4 members (excludes halogenated alkanes) is 3. The number of hydrogen-bond donors (Lipinski definition) is 0. The Morgan fingerprint density at radius 3 is 2.38 bits per heavy atom. The highest BCUT2D eigenvalue weighted by Gasteiger charge is 2.22. The molecular formula is C19H27NO. The van der Waals surface area contributed by atoms with Crippen molar-refractivity contribution in [1.82, 2.24) is 0 Å². The Hall–Kier alpha value is -1.33. The molecule has 0 spiro atoms. The van der Waals surface area contributed by atoms with Gasteiger partial charge in [0.15, 0.2) is 0 Å². The van der Waals surface area contributed by atoms with Crippen molar-refractivity contribution in [3.8, 4) is 6.07 Å². The van der Waals surface area contributed by atoms with E-state index < -0.39 is 0 Å². The number of ether oxygens (including phenoxy) is 1. The zero-order chi connectivity index (χ0) is 14.9. The van der Waals surface area contributed by atoms with Crippen molar-refractivity contribution in [2.75, 3.05) is 6.61 Å². The fourth-order valence-electron chi connectivity index (χ4n) is 3.17. The third-order valence-corrected chi connectivity index (χ3v) is 4.54. The van der Waals surface area contributed by atoms with Crippen molar-refractivity contribution >= 4 is 0 Å². The first-order valence-electron chi connectivity index (χ1n) is 8.45. The van der Waals surface area contributed by atoms with Crippen LogP contribution in [0.25, 0.3) is 0 Å². The van der Waals surface area contributed by atoms with Gasteiger partial charge in [0.05, 0.1) is 17.7 Å². The van der Waals surface area contributed by atoms with Gasteiger partial charge in [-0.05, 0) is 55.7 Å². The van der Waals surface area contributed by atoms with Crippen molar-refractivity contribution < 1.29 is 4.74 Å². The summed E-state index contributed by atoms with van der Waals surface area (Å²) >= 11 is 0. The summed E-state index contributed by atoms with van der Waals surface area (Å²) in [4.78, 5) is 0. The summed E-state index contributed by atoms with van der Waals surface area (Å²) in [5, 5.41) is 8.84. The zero-order valence-electron chi connectivity index (χ0n) is 13.2. The molecule has 114 valence electrons. The minimum atomic E-state index is 0.473. The van der Waals surface area contributed by atoms with Gasteiger partial charge in [-0.15, -0.1) is 0 Å². The van der Waals surface area contributed by atoms with Gasteiger partial charge in [-0.2, -0.15) is 5.26 Å². The predicted octanol–water partition coefficient (Wildman–Crippen LogP) is 5.18. The SMILES string of the molecule is CCCCCCOC1CCC(c2ccc(C#N)cc2)CC1. The molecule has 1 aliphatic carbocycles. The van der Waals surface area contributed by atoms with Crippen LogP contribution in [0.1, 0.15) is 75.3 Å². The van der Waals surface area contributed by atoms with Crippen molar-refractivity contribution in [1.29, 1.82) is 5.26 Å². The van der Waals surface area contributed by atoms with Crippen LogP contribution in [-0.2, 0) is 4.74 Å². The van der Waals surface area contributed by atoms with Crippen molar-refractivity contribution in [2.24, 2.45) is 0 Å². The van der Waals surface area contributed by atoms with E-state index in [4.69, 9.17) is 10.00 Å². The minimum absolute atomic E-state index is 0.473. The van der Waals surface area contributed by atoms with Crippen LogP contribution in [0.3, 0.4) is 0 Å². The first kappa shape index (κ1) is 16.0. The van der Waals surface area contributed by atoms with Crippen LogP contribution in [-0.4, -0.2) is 12.7 Å². The molecule has 1 aromatic carbocycles. The number of nitriles is 1. The van der Waals surface area contributed by atoms with Gasteiger partial charge in [0.1, 0.15) is 0 Å². The number of benzene rings is 1. The Balaban J connectivity index is 1.69. The largest absolute Gasteiger partial charge is 0.378 e. The molecule has 0 unspecified atom stereocenters. The lowest BCUT2D eigenvalue weighted by Crippen LogP contribution is -2.21. The molecule has 21 heavy (non-hydrogen) atoms. The van der Waals surface area contributed by atoms with E-state index in [-0.39, 0.29) is 0 Å². The molecule has 1 fully saturated rings. The predicted molar refractivity (Wildman–Crippen MR) is 86.2 cm³/mol. The van der Waals surface area contributed by atoms with Gasteiger partial charge < -0.3 is 4.74 Å². The molecule has 2 nitrogen and oxygen atoms in total. The maximum atomic E-state index is 8.84. The van der Waals surface area contributed by atoms with Gasteiger partial charge >= 0.3 is 0 Å². The maximum Gasteiger partial charge on any atom is 0.0991 e. The van der Waals surface area contributed by atoms with E-state index in [0.29, 0.717) is 12.0 Å². The van der Waals surface area contributed by atoms with Crippen LogP contribution in [0.5, 0.6) is 0 Å². The zero-order valence-corrected chi connectivity index (χ0v) is 13.2. The van der Waals surface area contributed by atoms with Crippen LogP contribution < -0.4 is 0 Å². The topological polar surface area (TPSA) is 33.0 Å². The summed E-state index contributed by atoms with van der Waals surface area (Å²) < 4.78 is 6.01. The molecule has 1 aromatic rings. The summed E-state index contributed by atoms with van der Waals surface area (Å²) in [5.41, 5.74) is 2.14. The Bertz CT molecular complexity index is 438. The van der Waals surface area contributed by atoms with Crippen LogP contribution >= 0.6 is 0 Å². The second-order valence-corrected chi connectivity index (χ2v) is 6.14. The van der Waals surface area contributed by atoms with Crippen LogP contribution in [0.2, 0.25) is 0 Å². The van der Waals surface area contributed by atoms with Gasteiger partial charge in [-0.25, -0.2) is 0 Å². The molecule has 0 atom stereocenters. The van der Waals surface area contributed by atoms with Gasteiger partial charge in [0.2, 0.25) is 0 Å². The summed E-state index contributed by atoms with van der Waals surface area (Å²) in [5.74, 6) is 0.651. The summed E-state index contributed by atoms with van der Waals surface area (Å²) in [7, 11) is 0. The second-order valence-electron chi connectivity index (χ2n) is 6.14. The van der Waals surface area contributed by atoms with Crippen LogP contribution in [0.15, 0.2) is 24.3 Å². The number of rotatable bonds is 7. The van der Waals surface area contributed by atoms with E-state index in [1.54, 1.807) is 0 Å². The molecule has 0 N–H and O–H groups in total. The lowest BCUT2D eigenvalue weighted by Gasteiger charge is -2.29. The van der Waals surface area contributed by atoms with Crippen molar-refractivity contribution in [3.05, 3.63) is 35.4 Å². The molecule has 1 aliphatic rings. The van der Waals surface area contributed by atoms with Crippen LogP contribution in [0.4, 0.5) is 0 Å². The van der Waals surface area contributed by atoms with E-state index in [2.05, 4.69) is 25.1 Å². The van der Waals surface area contributed by atoms with E-state index in [0.717, 1.165) is 12.2 Å². The molecule has 2 heteroatoms. The quantitative estimate of drug-likeness (QED) is 0.646. The first-order chi connectivity index (χ1) is 10.3. The van der Waals surface area contributed by atoms with Gasteiger partial charge in [-0.1, -0.05) is 38.3 Å². The molecule has 0 amide bonds. The molecule has 2 rings (SSSR count). The van der Waals surface area contributed by atoms with Crippen molar-refractivity contribution in [3.63, 3.8) is 0 Å². The number of nitrogens with zero attached hydrogens (tertiary/aromatic N) is 1. The monoisotopic (exact) mass is 285 g/mol. The molecule has 0 aliphatic heterocycles. The van der Waals surface area contributed by atoms with Crippen LogP contribution in [0, 0.1) is 11.3 Å². The minimum Gasteiger partial charge on any atom is -0.378 e. The fourth-order valence-corrected chi connectivity index (χ4v) is 3.17. The highest BCUT2D eigenvalue weighted by molar-refractivity contribution is 5.33. The third kappa shape index (κ3) is 5.17. The molecule has 0 aromatic heterocycles. The molecule has 1 saturated carbocycles. The van der Waals surface area contributed by atoms with E-state index in [1.807, 2.05) is 12.1 Å². The normalized spacial score (nSPS) is 21.9. The average Bonchev–Trinajstić information content (AvgIpc) is 2.55. The lowest BCUT2D eigenvalue weighted by molar-refractivity contribution is 0.0226.